The van der Waals surface area contributed by atoms with Gasteiger partial charge in [-0.1, -0.05) is 6.07 Å². The Balaban J connectivity index is 1.72. The van der Waals surface area contributed by atoms with E-state index in [0.29, 0.717) is 17.2 Å². The standard InChI is InChI=1S/C21H23NO6/c1-25-18-10-16(21(24)27-3)17(11-19(18)26-2)22-20(23)12-28-15-8-7-13-5-4-6-14(13)9-15/h7-11H,4-6,12H2,1-3H3,(H,22,23). The summed E-state index contributed by atoms with van der Waals surface area (Å²) >= 11 is 0. The number of hydrogen-bond acceptors (Lipinski definition) is 6. The zero-order valence-corrected chi connectivity index (χ0v) is 16.2. The van der Waals surface area contributed by atoms with E-state index < -0.39 is 11.9 Å². The Morgan fingerprint density at radius 1 is 0.964 bits per heavy atom. The maximum atomic E-state index is 12.4. The predicted octanol–water partition coefficient (Wildman–Crippen LogP) is 3.00. The third-order valence-corrected chi connectivity index (χ3v) is 4.64. The number of fused-ring (bicyclic) bond motifs is 1. The minimum Gasteiger partial charge on any atom is -0.493 e. The molecule has 0 saturated carbocycles. The van der Waals surface area contributed by atoms with E-state index in [1.807, 2.05) is 18.2 Å². The molecule has 1 aliphatic carbocycles. The van der Waals surface area contributed by atoms with Gasteiger partial charge in [0.25, 0.3) is 5.91 Å². The number of amides is 1. The van der Waals surface area contributed by atoms with Crippen molar-refractivity contribution in [3.05, 3.63) is 47.0 Å². The largest absolute Gasteiger partial charge is 0.493 e. The Hall–Kier alpha value is -3.22. The van der Waals surface area contributed by atoms with Crippen molar-refractivity contribution < 1.29 is 28.5 Å². The van der Waals surface area contributed by atoms with Crippen LogP contribution in [0.5, 0.6) is 17.2 Å². The number of aryl methyl sites for hydroxylation is 2. The van der Waals surface area contributed by atoms with Gasteiger partial charge in [-0.3, -0.25) is 4.79 Å². The number of rotatable bonds is 7. The summed E-state index contributed by atoms with van der Waals surface area (Å²) in [5.41, 5.74) is 3.02. The zero-order valence-electron chi connectivity index (χ0n) is 16.2. The molecular weight excluding hydrogens is 362 g/mol. The number of carbonyl (C=O) groups excluding carboxylic acids is 2. The highest BCUT2D eigenvalue weighted by molar-refractivity contribution is 6.02. The summed E-state index contributed by atoms with van der Waals surface area (Å²) in [4.78, 5) is 24.4. The molecule has 148 valence electrons. The lowest BCUT2D eigenvalue weighted by Crippen LogP contribution is -2.22. The van der Waals surface area contributed by atoms with Gasteiger partial charge in [0.05, 0.1) is 32.6 Å². The normalized spacial score (nSPS) is 12.1. The maximum absolute atomic E-state index is 12.4. The molecule has 0 unspecified atom stereocenters. The predicted molar refractivity (Wildman–Crippen MR) is 103 cm³/mol. The molecule has 1 N–H and O–H groups in total. The van der Waals surface area contributed by atoms with Gasteiger partial charge in [-0.15, -0.1) is 0 Å². The average Bonchev–Trinajstić information content (AvgIpc) is 3.19. The molecule has 2 aromatic carbocycles. The first-order chi connectivity index (χ1) is 13.5. The van der Waals surface area contributed by atoms with Gasteiger partial charge in [0.15, 0.2) is 18.1 Å². The van der Waals surface area contributed by atoms with E-state index in [9.17, 15) is 9.59 Å². The van der Waals surface area contributed by atoms with Gasteiger partial charge in [-0.25, -0.2) is 4.79 Å². The second kappa shape index (κ2) is 8.65. The highest BCUT2D eigenvalue weighted by Crippen LogP contribution is 2.34. The van der Waals surface area contributed by atoms with Crippen LogP contribution in [0.15, 0.2) is 30.3 Å². The molecule has 3 rings (SSSR count). The molecule has 28 heavy (non-hydrogen) atoms. The van der Waals surface area contributed by atoms with Crippen molar-refractivity contribution in [1.29, 1.82) is 0 Å². The van der Waals surface area contributed by atoms with Crippen LogP contribution in [-0.4, -0.2) is 39.8 Å². The van der Waals surface area contributed by atoms with Crippen LogP contribution in [0.2, 0.25) is 0 Å². The van der Waals surface area contributed by atoms with Gasteiger partial charge >= 0.3 is 5.97 Å². The molecule has 7 nitrogen and oxygen atoms in total. The smallest absolute Gasteiger partial charge is 0.340 e. The molecule has 0 spiro atoms. The number of ether oxygens (including phenoxy) is 4. The van der Waals surface area contributed by atoms with Crippen molar-refractivity contribution in [3.63, 3.8) is 0 Å². The van der Waals surface area contributed by atoms with Crippen molar-refractivity contribution in [2.24, 2.45) is 0 Å². The number of benzene rings is 2. The van der Waals surface area contributed by atoms with Crippen LogP contribution >= 0.6 is 0 Å². The second-order valence-corrected chi connectivity index (χ2v) is 6.37. The zero-order chi connectivity index (χ0) is 20.1. The van der Waals surface area contributed by atoms with Gasteiger partial charge in [0.2, 0.25) is 0 Å². The lowest BCUT2D eigenvalue weighted by Gasteiger charge is -2.15. The van der Waals surface area contributed by atoms with Gasteiger partial charge in [-0.2, -0.15) is 0 Å². The number of esters is 1. The summed E-state index contributed by atoms with van der Waals surface area (Å²) in [6.45, 7) is -0.187. The third kappa shape index (κ3) is 4.19. The average molecular weight is 385 g/mol. The highest BCUT2D eigenvalue weighted by Gasteiger charge is 2.19. The summed E-state index contributed by atoms with van der Waals surface area (Å²) < 4.78 is 20.8. The van der Waals surface area contributed by atoms with Crippen LogP contribution in [-0.2, 0) is 22.4 Å². The van der Waals surface area contributed by atoms with E-state index in [2.05, 4.69) is 5.32 Å². The Bertz CT molecular complexity index is 893. The maximum Gasteiger partial charge on any atom is 0.340 e. The Kier molecular flexibility index (Phi) is 6.03. The Morgan fingerprint density at radius 2 is 1.68 bits per heavy atom. The van der Waals surface area contributed by atoms with Crippen molar-refractivity contribution in [2.45, 2.75) is 19.3 Å². The molecule has 1 amide bonds. The first-order valence-corrected chi connectivity index (χ1v) is 8.94. The fourth-order valence-electron chi connectivity index (χ4n) is 3.23. The van der Waals surface area contributed by atoms with Gasteiger partial charge in [-0.05, 0) is 42.5 Å². The van der Waals surface area contributed by atoms with E-state index in [1.165, 1.54) is 44.6 Å². The number of carbonyl (C=O) groups is 2. The van der Waals surface area contributed by atoms with E-state index >= 15 is 0 Å². The number of nitrogens with one attached hydrogen (secondary N) is 1. The molecule has 0 aliphatic heterocycles. The SMILES string of the molecule is COC(=O)c1cc(OC)c(OC)cc1NC(=O)COc1ccc2c(c1)CCC2. The van der Waals surface area contributed by atoms with E-state index in [-0.39, 0.29) is 17.9 Å². The van der Waals surface area contributed by atoms with E-state index in [4.69, 9.17) is 18.9 Å². The Labute approximate surface area is 163 Å². The number of anilines is 1. The minimum absolute atomic E-state index is 0.158. The third-order valence-electron chi connectivity index (χ3n) is 4.64. The van der Waals surface area contributed by atoms with E-state index in [0.717, 1.165) is 19.3 Å². The van der Waals surface area contributed by atoms with Crippen LogP contribution in [0.1, 0.15) is 27.9 Å². The molecule has 2 aromatic rings. The lowest BCUT2D eigenvalue weighted by molar-refractivity contribution is -0.118. The summed E-state index contributed by atoms with van der Waals surface area (Å²) in [6.07, 6.45) is 3.27. The quantitative estimate of drug-likeness (QED) is 0.738. The molecule has 0 atom stereocenters. The van der Waals surface area contributed by atoms with Crippen molar-refractivity contribution in [1.82, 2.24) is 0 Å². The molecule has 0 heterocycles. The van der Waals surface area contributed by atoms with Gasteiger partial charge in [0, 0.05) is 12.1 Å². The molecule has 0 bridgehead atoms. The number of hydrogen-bond donors (Lipinski definition) is 1. The van der Waals surface area contributed by atoms with Crippen LogP contribution < -0.4 is 19.5 Å². The monoisotopic (exact) mass is 385 g/mol. The molecule has 0 radical (unpaired) electrons. The van der Waals surface area contributed by atoms with Crippen LogP contribution in [0.3, 0.4) is 0 Å². The fourth-order valence-corrected chi connectivity index (χ4v) is 3.23. The summed E-state index contributed by atoms with van der Waals surface area (Å²) in [7, 11) is 4.20. The van der Waals surface area contributed by atoms with Crippen molar-refractivity contribution in [2.75, 3.05) is 33.3 Å². The second-order valence-electron chi connectivity index (χ2n) is 6.37. The minimum atomic E-state index is -0.601. The molecule has 0 saturated heterocycles. The summed E-state index contributed by atoms with van der Waals surface area (Å²) in [5.74, 6) is 0.380. The topological polar surface area (TPSA) is 83.1 Å². The molecule has 1 aliphatic rings. The number of methoxy groups -OCH3 is 3. The molecule has 7 heteroatoms. The first kappa shape index (κ1) is 19.5. The van der Waals surface area contributed by atoms with E-state index in [1.54, 1.807) is 0 Å². The summed E-state index contributed by atoms with van der Waals surface area (Å²) in [5, 5.41) is 2.67. The molecule has 0 fully saturated rings. The van der Waals surface area contributed by atoms with Crippen molar-refractivity contribution >= 4 is 17.6 Å². The van der Waals surface area contributed by atoms with Crippen LogP contribution in [0.4, 0.5) is 5.69 Å². The highest BCUT2D eigenvalue weighted by atomic mass is 16.5. The van der Waals surface area contributed by atoms with Crippen LogP contribution in [0.25, 0.3) is 0 Å². The fraction of sp³-hybridized carbons (Fsp3) is 0.333. The first-order valence-electron chi connectivity index (χ1n) is 8.94. The lowest BCUT2D eigenvalue weighted by atomic mass is 10.1. The Morgan fingerprint density at radius 3 is 2.39 bits per heavy atom. The summed E-state index contributed by atoms with van der Waals surface area (Å²) in [6, 6.07) is 8.86. The van der Waals surface area contributed by atoms with Gasteiger partial charge < -0.3 is 24.3 Å². The molecular formula is C21H23NO6. The molecule has 0 aromatic heterocycles. The van der Waals surface area contributed by atoms with Gasteiger partial charge in [0.1, 0.15) is 5.75 Å². The van der Waals surface area contributed by atoms with Crippen molar-refractivity contribution in [3.8, 4) is 17.2 Å². The van der Waals surface area contributed by atoms with Crippen LogP contribution in [0, 0.1) is 0 Å².